The van der Waals surface area contributed by atoms with Gasteiger partial charge >= 0.3 is 0 Å². The zero-order chi connectivity index (χ0) is 20.7. The van der Waals surface area contributed by atoms with E-state index in [0.29, 0.717) is 27.9 Å². The predicted octanol–water partition coefficient (Wildman–Crippen LogP) is 2.98. The van der Waals surface area contributed by atoms with Crippen molar-refractivity contribution in [3.63, 3.8) is 0 Å². The molecule has 3 heterocycles. The molecule has 4 aromatic rings. The Hall–Kier alpha value is -3.61. The van der Waals surface area contributed by atoms with Gasteiger partial charge in [-0.05, 0) is 50.1 Å². The number of carbonyl (C=O) groups is 1. The van der Waals surface area contributed by atoms with Crippen molar-refractivity contribution in [3.05, 3.63) is 69.3 Å². The van der Waals surface area contributed by atoms with E-state index in [0.717, 1.165) is 22.2 Å². The molecule has 0 saturated heterocycles. The summed E-state index contributed by atoms with van der Waals surface area (Å²) in [5, 5.41) is 9.29. The quantitative estimate of drug-likeness (QED) is 0.584. The molecule has 0 atom stereocenters. The Labute approximate surface area is 167 Å². The molecule has 0 aliphatic carbocycles. The summed E-state index contributed by atoms with van der Waals surface area (Å²) in [6, 6.07) is 10.9. The topological polar surface area (TPSA) is 89.8 Å². The van der Waals surface area contributed by atoms with Gasteiger partial charge in [0.2, 0.25) is 5.91 Å². The van der Waals surface area contributed by atoms with Crippen LogP contribution in [0.3, 0.4) is 0 Å². The molecule has 4 rings (SSSR count). The summed E-state index contributed by atoms with van der Waals surface area (Å²) in [5.74, 6) is 0.181. The number of amides is 1. The van der Waals surface area contributed by atoms with Gasteiger partial charge in [-0.25, -0.2) is 14.6 Å². The molecule has 3 aromatic heterocycles. The monoisotopic (exact) mass is 387 g/mol. The number of anilines is 1. The second kappa shape index (κ2) is 7.09. The number of benzene rings is 1. The van der Waals surface area contributed by atoms with Crippen LogP contribution in [0.15, 0.2) is 41.2 Å². The molecule has 0 bridgehead atoms. The second-order valence-electron chi connectivity index (χ2n) is 7.16. The standard InChI is InChI=1S/C22H21N5O2/c1-12-13(2)15-9-10-19(25-21(15)23-14(12)3)24-20(28)11-18-16-7-5-6-8-17(16)22(29)27(4)26-18/h5-10H,11H2,1-4H3,(H,23,24,25,28). The van der Waals surface area contributed by atoms with E-state index in [-0.39, 0.29) is 17.9 Å². The molecular formula is C22H21N5O2. The lowest BCUT2D eigenvalue weighted by Crippen LogP contribution is -2.24. The Kier molecular flexibility index (Phi) is 4.58. The normalized spacial score (nSPS) is 11.2. The molecule has 0 radical (unpaired) electrons. The first-order valence-electron chi connectivity index (χ1n) is 9.34. The number of nitrogens with one attached hydrogen (secondary N) is 1. The molecule has 0 unspecified atom stereocenters. The van der Waals surface area contributed by atoms with Crippen molar-refractivity contribution in [1.82, 2.24) is 19.7 Å². The molecule has 1 aromatic carbocycles. The Morgan fingerprint density at radius 1 is 0.966 bits per heavy atom. The molecule has 146 valence electrons. The Morgan fingerprint density at radius 2 is 1.69 bits per heavy atom. The molecule has 0 spiro atoms. The predicted molar refractivity (Wildman–Crippen MR) is 113 cm³/mol. The van der Waals surface area contributed by atoms with Crippen LogP contribution >= 0.6 is 0 Å². The number of hydrogen-bond donors (Lipinski definition) is 1. The lowest BCUT2D eigenvalue weighted by Gasteiger charge is -2.11. The van der Waals surface area contributed by atoms with Gasteiger partial charge in [-0.15, -0.1) is 0 Å². The van der Waals surface area contributed by atoms with E-state index in [4.69, 9.17) is 0 Å². The van der Waals surface area contributed by atoms with Crippen molar-refractivity contribution in [2.75, 3.05) is 5.32 Å². The van der Waals surface area contributed by atoms with E-state index < -0.39 is 0 Å². The second-order valence-corrected chi connectivity index (χ2v) is 7.16. The van der Waals surface area contributed by atoms with Crippen LogP contribution in [0, 0.1) is 20.8 Å². The van der Waals surface area contributed by atoms with Crippen LogP contribution in [0.4, 0.5) is 5.82 Å². The highest BCUT2D eigenvalue weighted by atomic mass is 16.2. The summed E-state index contributed by atoms with van der Waals surface area (Å²) in [6.07, 6.45) is 0.0354. The molecule has 1 N–H and O–H groups in total. The molecule has 1 amide bonds. The highest BCUT2D eigenvalue weighted by Crippen LogP contribution is 2.22. The summed E-state index contributed by atoms with van der Waals surface area (Å²) in [7, 11) is 1.58. The van der Waals surface area contributed by atoms with Crippen LogP contribution in [0.25, 0.3) is 21.8 Å². The molecular weight excluding hydrogens is 366 g/mol. The Balaban J connectivity index is 1.64. The van der Waals surface area contributed by atoms with Crippen LogP contribution in [0.2, 0.25) is 0 Å². The van der Waals surface area contributed by atoms with Crippen molar-refractivity contribution in [3.8, 4) is 0 Å². The van der Waals surface area contributed by atoms with E-state index in [9.17, 15) is 9.59 Å². The number of fused-ring (bicyclic) bond motifs is 2. The van der Waals surface area contributed by atoms with Gasteiger partial charge in [-0.2, -0.15) is 5.10 Å². The minimum Gasteiger partial charge on any atom is -0.310 e. The fourth-order valence-corrected chi connectivity index (χ4v) is 3.46. The molecule has 0 saturated carbocycles. The van der Waals surface area contributed by atoms with Gasteiger partial charge in [0, 0.05) is 23.5 Å². The first-order chi connectivity index (χ1) is 13.8. The van der Waals surface area contributed by atoms with Crippen molar-refractivity contribution in [1.29, 1.82) is 0 Å². The number of pyridine rings is 2. The van der Waals surface area contributed by atoms with Crippen LogP contribution in [-0.2, 0) is 18.3 Å². The summed E-state index contributed by atoms with van der Waals surface area (Å²) in [6.45, 7) is 6.03. The fraction of sp³-hybridized carbons (Fsp3) is 0.227. The molecule has 7 nitrogen and oxygen atoms in total. The minimum atomic E-state index is -0.256. The van der Waals surface area contributed by atoms with Crippen LogP contribution in [-0.4, -0.2) is 25.7 Å². The minimum absolute atomic E-state index is 0.0354. The zero-order valence-electron chi connectivity index (χ0n) is 16.8. The van der Waals surface area contributed by atoms with Gasteiger partial charge in [0.05, 0.1) is 17.5 Å². The summed E-state index contributed by atoms with van der Waals surface area (Å²) < 4.78 is 1.26. The molecule has 0 fully saturated rings. The maximum Gasteiger partial charge on any atom is 0.274 e. The molecule has 7 heteroatoms. The third-order valence-corrected chi connectivity index (χ3v) is 5.29. The summed E-state index contributed by atoms with van der Waals surface area (Å²) in [5.41, 5.74) is 4.16. The SMILES string of the molecule is Cc1nc2nc(NC(=O)Cc3nn(C)c(=O)c4ccccc34)ccc2c(C)c1C. The lowest BCUT2D eigenvalue weighted by atomic mass is 10.1. The average molecular weight is 387 g/mol. The Morgan fingerprint density at radius 3 is 2.45 bits per heavy atom. The first kappa shape index (κ1) is 18.7. The number of hydrogen-bond acceptors (Lipinski definition) is 5. The van der Waals surface area contributed by atoms with E-state index in [1.165, 1.54) is 4.68 Å². The van der Waals surface area contributed by atoms with Crippen LogP contribution in [0.1, 0.15) is 22.5 Å². The third-order valence-electron chi connectivity index (χ3n) is 5.29. The first-order valence-corrected chi connectivity index (χ1v) is 9.34. The smallest absolute Gasteiger partial charge is 0.274 e. The zero-order valence-corrected chi connectivity index (χ0v) is 16.8. The van der Waals surface area contributed by atoms with Gasteiger partial charge in [0.25, 0.3) is 5.56 Å². The van der Waals surface area contributed by atoms with Gasteiger partial charge in [0.1, 0.15) is 5.82 Å². The highest BCUT2D eigenvalue weighted by Gasteiger charge is 2.14. The lowest BCUT2D eigenvalue weighted by molar-refractivity contribution is -0.115. The number of aryl methyl sites for hydroxylation is 3. The Bertz CT molecular complexity index is 1340. The van der Waals surface area contributed by atoms with E-state index in [1.807, 2.05) is 32.9 Å². The van der Waals surface area contributed by atoms with Crippen LogP contribution < -0.4 is 10.9 Å². The number of carbonyl (C=O) groups excluding carboxylic acids is 1. The largest absolute Gasteiger partial charge is 0.310 e. The maximum atomic E-state index is 12.6. The number of rotatable bonds is 3. The molecule has 0 aliphatic rings. The van der Waals surface area contributed by atoms with Crippen molar-refractivity contribution in [2.24, 2.45) is 7.05 Å². The van der Waals surface area contributed by atoms with Gasteiger partial charge in [0.15, 0.2) is 5.65 Å². The summed E-state index contributed by atoms with van der Waals surface area (Å²) in [4.78, 5) is 33.9. The third kappa shape index (κ3) is 3.35. The van der Waals surface area contributed by atoms with Crippen LogP contribution in [0.5, 0.6) is 0 Å². The van der Waals surface area contributed by atoms with Crippen molar-refractivity contribution < 1.29 is 4.79 Å². The maximum absolute atomic E-state index is 12.6. The average Bonchev–Trinajstić information content (AvgIpc) is 2.70. The van der Waals surface area contributed by atoms with Gasteiger partial charge in [-0.1, -0.05) is 18.2 Å². The highest BCUT2D eigenvalue weighted by molar-refractivity contribution is 5.95. The number of nitrogens with zero attached hydrogens (tertiary/aromatic N) is 4. The van der Waals surface area contributed by atoms with E-state index in [2.05, 4.69) is 20.4 Å². The van der Waals surface area contributed by atoms with Crippen molar-refractivity contribution >= 4 is 33.5 Å². The van der Waals surface area contributed by atoms with Crippen molar-refractivity contribution in [2.45, 2.75) is 27.2 Å². The van der Waals surface area contributed by atoms with Gasteiger partial charge < -0.3 is 5.32 Å². The van der Waals surface area contributed by atoms with Gasteiger partial charge in [-0.3, -0.25) is 9.59 Å². The fourth-order valence-electron chi connectivity index (χ4n) is 3.46. The number of aromatic nitrogens is 4. The molecule has 29 heavy (non-hydrogen) atoms. The van der Waals surface area contributed by atoms with E-state index >= 15 is 0 Å². The van der Waals surface area contributed by atoms with E-state index in [1.54, 1.807) is 31.3 Å². The summed E-state index contributed by atoms with van der Waals surface area (Å²) >= 11 is 0. The molecule has 0 aliphatic heterocycles.